The number of amides is 3. The van der Waals surface area contributed by atoms with E-state index in [0.29, 0.717) is 0 Å². The number of ether oxygens (including phenoxy) is 1. The smallest absolute Gasteiger partial charge is 0.407 e. The van der Waals surface area contributed by atoms with E-state index in [2.05, 4.69) is 16.0 Å². The number of nitrogens with one attached hydrogen (secondary N) is 3. The van der Waals surface area contributed by atoms with E-state index in [9.17, 15) is 29.4 Å². The third-order valence-electron chi connectivity index (χ3n) is 9.45. The first-order valence-electron chi connectivity index (χ1n) is 17.6. The second-order valence-corrected chi connectivity index (χ2v) is 14.2. The van der Waals surface area contributed by atoms with E-state index in [0.717, 1.165) is 38.9 Å². The van der Waals surface area contributed by atoms with Crippen LogP contribution in [0, 0.1) is 0 Å². The number of rotatable bonds is 15. The summed E-state index contributed by atoms with van der Waals surface area (Å²) in [6, 6.07) is 42.8. The van der Waals surface area contributed by atoms with Gasteiger partial charge >= 0.3 is 12.1 Å². The van der Waals surface area contributed by atoms with Gasteiger partial charge in [0.15, 0.2) is 6.04 Å². The number of carbonyl (C=O) groups is 4. The van der Waals surface area contributed by atoms with Crippen molar-refractivity contribution < 1.29 is 34.1 Å². The minimum atomic E-state index is -1.57. The topological polar surface area (TPSA) is 154 Å². The Hall–Kier alpha value is -5.91. The molecule has 0 spiro atoms. The van der Waals surface area contributed by atoms with E-state index in [1.54, 1.807) is 0 Å². The van der Waals surface area contributed by atoms with Gasteiger partial charge in [-0.15, -0.1) is 11.8 Å². The maximum Gasteiger partial charge on any atom is 0.407 e. The van der Waals surface area contributed by atoms with Crippen LogP contribution in [-0.4, -0.2) is 71.2 Å². The van der Waals surface area contributed by atoms with Gasteiger partial charge in [-0.2, -0.15) is 0 Å². The lowest BCUT2D eigenvalue weighted by atomic mass is 9.84. The molecule has 6 rings (SSSR count). The van der Waals surface area contributed by atoms with E-state index in [1.165, 1.54) is 18.7 Å². The van der Waals surface area contributed by atoms with Crippen LogP contribution in [0.3, 0.4) is 0 Å². The Kier molecular flexibility index (Phi) is 12.1. The van der Waals surface area contributed by atoms with Gasteiger partial charge in [0.05, 0.1) is 17.4 Å². The number of carboxylic acid groups (broad SMARTS) is 1. The van der Waals surface area contributed by atoms with Crippen LogP contribution in [0.25, 0.3) is 11.1 Å². The average molecular weight is 744 g/mol. The molecule has 5 aromatic carbocycles. The standard InChI is InChI=1S/C43H41N3O7S/c1-28(47)39(41(50)51)46-38(48)25-44-40(49)37(45-42(52)53-26-36-34-23-13-11-21-32(34)33-22-12-14-24-35(33)36)27-54-43(29-15-5-2-6-16-29,30-17-7-3-8-18-30)31-19-9-4-10-20-31/h2-24,28,36-37,39,47H,25-27H2,1H3,(H,44,49)(H,45,52)(H,46,48)(H,50,51)/t28-,37+,39+/m1/s1. The minimum absolute atomic E-state index is 0.0294. The highest BCUT2D eigenvalue weighted by Crippen LogP contribution is 2.49. The zero-order valence-corrected chi connectivity index (χ0v) is 30.4. The fourth-order valence-electron chi connectivity index (χ4n) is 6.85. The van der Waals surface area contributed by atoms with E-state index in [4.69, 9.17) is 4.74 Å². The molecule has 0 saturated heterocycles. The number of benzene rings is 5. The van der Waals surface area contributed by atoms with Crippen molar-refractivity contribution in [1.29, 1.82) is 0 Å². The highest BCUT2D eigenvalue weighted by Gasteiger charge is 2.39. The van der Waals surface area contributed by atoms with Gasteiger partial charge in [0.2, 0.25) is 11.8 Å². The second kappa shape index (κ2) is 17.3. The van der Waals surface area contributed by atoms with Crippen molar-refractivity contribution in [3.63, 3.8) is 0 Å². The number of aliphatic hydroxyl groups is 1. The Labute approximate surface area is 318 Å². The van der Waals surface area contributed by atoms with Crippen molar-refractivity contribution in [2.75, 3.05) is 18.9 Å². The number of aliphatic carboxylic acids is 1. The summed E-state index contributed by atoms with van der Waals surface area (Å²) in [4.78, 5) is 51.8. The van der Waals surface area contributed by atoms with E-state index in [1.807, 2.05) is 140 Å². The molecule has 0 fully saturated rings. The molecule has 1 aliphatic rings. The number of alkyl carbamates (subject to hydrolysis) is 1. The molecule has 3 atom stereocenters. The summed E-state index contributed by atoms with van der Waals surface area (Å²) in [6.45, 7) is 0.674. The Morgan fingerprint density at radius 3 is 1.63 bits per heavy atom. The third-order valence-corrected chi connectivity index (χ3v) is 11.1. The zero-order chi connectivity index (χ0) is 38.1. The van der Waals surface area contributed by atoms with Gasteiger partial charge in [-0.1, -0.05) is 140 Å². The molecule has 54 heavy (non-hydrogen) atoms. The van der Waals surface area contributed by atoms with Crippen LogP contribution in [0.4, 0.5) is 4.79 Å². The predicted octanol–water partition coefficient (Wildman–Crippen LogP) is 5.69. The molecule has 5 aromatic rings. The van der Waals surface area contributed by atoms with Crippen molar-refractivity contribution >= 4 is 35.6 Å². The molecule has 0 aromatic heterocycles. The molecule has 0 heterocycles. The van der Waals surface area contributed by atoms with Gasteiger partial charge in [-0.25, -0.2) is 9.59 Å². The van der Waals surface area contributed by atoms with Gasteiger partial charge in [0.1, 0.15) is 12.6 Å². The maximum atomic E-state index is 13.9. The first-order chi connectivity index (χ1) is 26.2. The van der Waals surface area contributed by atoms with Gasteiger partial charge in [-0.05, 0) is 45.9 Å². The SMILES string of the molecule is C[C@@H](O)[C@H](NC(=O)CNC(=O)[C@H](CSC(c1ccccc1)(c1ccccc1)c1ccccc1)NC(=O)OCC1c2ccccc2-c2ccccc21)C(=O)O. The summed E-state index contributed by atoms with van der Waals surface area (Å²) in [5.74, 6) is -3.09. The van der Waals surface area contributed by atoms with Crippen LogP contribution in [0.1, 0.15) is 40.7 Å². The molecule has 0 saturated carbocycles. The van der Waals surface area contributed by atoms with E-state index in [-0.39, 0.29) is 18.3 Å². The van der Waals surface area contributed by atoms with E-state index < -0.39 is 53.4 Å². The molecule has 0 radical (unpaired) electrons. The van der Waals surface area contributed by atoms with Crippen LogP contribution >= 0.6 is 11.8 Å². The van der Waals surface area contributed by atoms with Crippen LogP contribution in [-0.2, 0) is 23.9 Å². The van der Waals surface area contributed by atoms with Crippen molar-refractivity contribution in [3.05, 3.63) is 167 Å². The van der Waals surface area contributed by atoms with Gasteiger partial charge in [0.25, 0.3) is 0 Å². The Bertz CT molecular complexity index is 1940. The Balaban J connectivity index is 1.27. The lowest BCUT2D eigenvalue weighted by Crippen LogP contribution is -2.53. The third kappa shape index (κ3) is 8.33. The highest BCUT2D eigenvalue weighted by atomic mass is 32.2. The normalized spacial score (nSPS) is 13.7. The van der Waals surface area contributed by atoms with Crippen molar-refractivity contribution in [2.24, 2.45) is 0 Å². The largest absolute Gasteiger partial charge is 0.480 e. The predicted molar refractivity (Wildman–Crippen MR) is 208 cm³/mol. The number of fused-ring (bicyclic) bond motifs is 3. The number of hydrogen-bond acceptors (Lipinski definition) is 7. The number of carboxylic acids is 1. The summed E-state index contributed by atoms with van der Waals surface area (Å²) in [5, 5.41) is 26.7. The van der Waals surface area contributed by atoms with Crippen LogP contribution in [0.2, 0.25) is 0 Å². The van der Waals surface area contributed by atoms with Crippen LogP contribution in [0.15, 0.2) is 140 Å². The highest BCUT2D eigenvalue weighted by molar-refractivity contribution is 8.00. The van der Waals surface area contributed by atoms with Crippen molar-refractivity contribution in [1.82, 2.24) is 16.0 Å². The summed E-state index contributed by atoms with van der Waals surface area (Å²) >= 11 is 1.44. The summed E-state index contributed by atoms with van der Waals surface area (Å²) in [6.07, 6.45) is -2.18. The number of carbonyl (C=O) groups excluding carboxylic acids is 3. The molecule has 0 unspecified atom stereocenters. The number of thioether (sulfide) groups is 1. The molecule has 10 nitrogen and oxygen atoms in total. The van der Waals surface area contributed by atoms with Gasteiger partial charge < -0.3 is 30.9 Å². The Morgan fingerprint density at radius 1 is 0.704 bits per heavy atom. The quantitative estimate of drug-likeness (QED) is 0.0859. The Morgan fingerprint density at radius 2 is 1.17 bits per heavy atom. The molecule has 11 heteroatoms. The molecule has 5 N–H and O–H groups in total. The van der Waals surface area contributed by atoms with Gasteiger partial charge in [-0.3, -0.25) is 9.59 Å². The monoisotopic (exact) mass is 743 g/mol. The van der Waals surface area contributed by atoms with Gasteiger partial charge in [0, 0.05) is 11.7 Å². The zero-order valence-electron chi connectivity index (χ0n) is 29.6. The molecular formula is C43H41N3O7S. The van der Waals surface area contributed by atoms with Crippen LogP contribution < -0.4 is 16.0 Å². The number of hydrogen-bond donors (Lipinski definition) is 5. The molecule has 276 valence electrons. The molecule has 3 amide bonds. The molecule has 0 bridgehead atoms. The first-order valence-corrected chi connectivity index (χ1v) is 18.6. The van der Waals surface area contributed by atoms with Crippen molar-refractivity contribution in [3.8, 4) is 11.1 Å². The summed E-state index contributed by atoms with van der Waals surface area (Å²) in [5.41, 5.74) is 7.08. The minimum Gasteiger partial charge on any atom is -0.480 e. The fourth-order valence-corrected chi connectivity index (χ4v) is 8.41. The molecule has 0 aliphatic heterocycles. The fraction of sp³-hybridized carbons (Fsp3) is 0.209. The molecule has 1 aliphatic carbocycles. The summed E-state index contributed by atoms with van der Waals surface area (Å²) < 4.78 is 5.00. The van der Waals surface area contributed by atoms with Crippen LogP contribution in [0.5, 0.6) is 0 Å². The van der Waals surface area contributed by atoms with Crippen molar-refractivity contribution in [2.45, 2.75) is 35.8 Å². The molecular weight excluding hydrogens is 703 g/mol. The lowest BCUT2D eigenvalue weighted by molar-refractivity contribution is -0.144. The second-order valence-electron chi connectivity index (χ2n) is 13.0. The number of aliphatic hydroxyl groups excluding tert-OH is 1. The average Bonchev–Trinajstić information content (AvgIpc) is 3.52. The lowest BCUT2D eigenvalue weighted by Gasteiger charge is -2.36. The maximum absolute atomic E-state index is 13.9. The summed E-state index contributed by atoms with van der Waals surface area (Å²) in [7, 11) is 0. The van der Waals surface area contributed by atoms with E-state index >= 15 is 0 Å². The first kappa shape index (κ1) is 37.8.